The lowest BCUT2D eigenvalue weighted by atomic mass is 10.1. The van der Waals surface area contributed by atoms with Gasteiger partial charge in [-0.1, -0.05) is 32.0 Å². The van der Waals surface area contributed by atoms with E-state index in [1.807, 2.05) is 36.4 Å². The maximum Gasteiger partial charge on any atom is 0.169 e. The maximum absolute atomic E-state index is 6.07. The van der Waals surface area contributed by atoms with Gasteiger partial charge in [0, 0.05) is 6.04 Å². The van der Waals surface area contributed by atoms with Gasteiger partial charge in [0.05, 0.1) is 7.11 Å². The minimum atomic E-state index is 0.0397. The average Bonchev–Trinajstić information content (AvgIpc) is 2.54. The van der Waals surface area contributed by atoms with Crippen molar-refractivity contribution in [3.8, 4) is 17.2 Å². The highest BCUT2D eigenvalue weighted by Gasteiger charge is 2.09. The maximum atomic E-state index is 6.07. The summed E-state index contributed by atoms with van der Waals surface area (Å²) in [5.41, 5.74) is 8.38. The van der Waals surface area contributed by atoms with Crippen LogP contribution >= 0.6 is 0 Å². The van der Waals surface area contributed by atoms with Crippen LogP contribution in [0.4, 0.5) is 0 Å². The molecule has 2 aromatic rings. The number of aryl methyl sites for hydroxylation is 1. The predicted molar refractivity (Wildman–Crippen MR) is 86.1 cm³/mol. The normalized spacial score (nSPS) is 12.0. The van der Waals surface area contributed by atoms with Crippen LogP contribution in [0.1, 0.15) is 37.4 Å². The van der Waals surface area contributed by atoms with Gasteiger partial charge in [-0.05, 0) is 48.2 Å². The van der Waals surface area contributed by atoms with Gasteiger partial charge >= 0.3 is 0 Å². The van der Waals surface area contributed by atoms with Crippen LogP contribution in [0.25, 0.3) is 0 Å². The summed E-state index contributed by atoms with van der Waals surface area (Å²) in [4.78, 5) is 0. The Morgan fingerprint density at radius 2 is 1.86 bits per heavy atom. The van der Waals surface area contributed by atoms with Crippen molar-refractivity contribution in [2.75, 3.05) is 7.11 Å². The minimum absolute atomic E-state index is 0.0397. The molecule has 3 heteroatoms. The third-order valence-electron chi connectivity index (χ3n) is 3.59. The van der Waals surface area contributed by atoms with Gasteiger partial charge in [0.25, 0.3) is 0 Å². The molecular weight excluding hydrogens is 262 g/mol. The van der Waals surface area contributed by atoms with Crippen LogP contribution in [0.15, 0.2) is 42.5 Å². The summed E-state index contributed by atoms with van der Waals surface area (Å²) in [5, 5.41) is 0. The Labute approximate surface area is 126 Å². The van der Waals surface area contributed by atoms with E-state index in [0.29, 0.717) is 0 Å². The number of rotatable bonds is 6. The molecule has 2 rings (SSSR count). The third-order valence-corrected chi connectivity index (χ3v) is 3.59. The molecule has 112 valence electrons. The fourth-order valence-electron chi connectivity index (χ4n) is 2.19. The number of hydrogen-bond donors (Lipinski definition) is 1. The van der Waals surface area contributed by atoms with Crippen LogP contribution < -0.4 is 15.2 Å². The van der Waals surface area contributed by atoms with Crippen LogP contribution in [-0.4, -0.2) is 7.11 Å². The lowest BCUT2D eigenvalue weighted by molar-refractivity contribution is 0.378. The van der Waals surface area contributed by atoms with Crippen LogP contribution in [0.3, 0.4) is 0 Å². The van der Waals surface area contributed by atoms with Crippen LogP contribution in [0.5, 0.6) is 17.2 Å². The van der Waals surface area contributed by atoms with Crippen molar-refractivity contribution in [1.29, 1.82) is 0 Å². The zero-order valence-corrected chi connectivity index (χ0v) is 12.9. The molecule has 1 unspecified atom stereocenters. The molecule has 0 fully saturated rings. The molecule has 0 saturated carbocycles. The first-order valence-corrected chi connectivity index (χ1v) is 7.38. The fraction of sp³-hybridized carbons (Fsp3) is 0.333. The standard InChI is InChI=1S/C18H23NO2/c1-4-13-9-10-17(18(11-13)20-3)21-15-8-6-7-14(12-15)16(19)5-2/h6-12,16H,4-5,19H2,1-3H3. The molecule has 21 heavy (non-hydrogen) atoms. The van der Waals surface area contributed by atoms with Crippen LogP contribution in [0.2, 0.25) is 0 Å². The summed E-state index contributed by atoms with van der Waals surface area (Å²) in [6, 6.07) is 14.0. The van der Waals surface area contributed by atoms with E-state index in [2.05, 4.69) is 19.9 Å². The Hall–Kier alpha value is -2.00. The van der Waals surface area contributed by atoms with Crippen molar-refractivity contribution in [3.05, 3.63) is 53.6 Å². The van der Waals surface area contributed by atoms with Gasteiger partial charge < -0.3 is 15.2 Å². The third kappa shape index (κ3) is 3.76. The first kappa shape index (κ1) is 15.4. The van der Waals surface area contributed by atoms with Crippen molar-refractivity contribution in [2.45, 2.75) is 32.7 Å². The molecule has 0 aliphatic carbocycles. The van der Waals surface area contributed by atoms with E-state index in [4.69, 9.17) is 15.2 Å². The molecule has 2 N–H and O–H groups in total. The lowest BCUT2D eigenvalue weighted by Crippen LogP contribution is -2.08. The van der Waals surface area contributed by atoms with Crippen molar-refractivity contribution in [3.63, 3.8) is 0 Å². The number of methoxy groups -OCH3 is 1. The summed E-state index contributed by atoms with van der Waals surface area (Å²) in [7, 11) is 1.66. The second-order valence-corrected chi connectivity index (χ2v) is 5.03. The molecule has 0 amide bonds. The van der Waals surface area contributed by atoms with E-state index in [1.165, 1.54) is 5.56 Å². The molecule has 0 aromatic heterocycles. The Morgan fingerprint density at radius 1 is 1.05 bits per heavy atom. The molecule has 0 bridgehead atoms. The molecule has 3 nitrogen and oxygen atoms in total. The second-order valence-electron chi connectivity index (χ2n) is 5.03. The van der Waals surface area contributed by atoms with Gasteiger partial charge in [-0.15, -0.1) is 0 Å². The van der Waals surface area contributed by atoms with Crippen molar-refractivity contribution in [1.82, 2.24) is 0 Å². The van der Waals surface area contributed by atoms with E-state index in [1.54, 1.807) is 7.11 Å². The zero-order chi connectivity index (χ0) is 15.2. The molecule has 0 saturated heterocycles. The highest BCUT2D eigenvalue weighted by Crippen LogP contribution is 2.33. The Bertz CT molecular complexity index is 596. The van der Waals surface area contributed by atoms with E-state index >= 15 is 0 Å². The molecule has 1 atom stereocenters. The van der Waals surface area contributed by atoms with Gasteiger partial charge in [-0.2, -0.15) is 0 Å². The summed E-state index contributed by atoms with van der Waals surface area (Å²) in [6.45, 7) is 4.19. The van der Waals surface area contributed by atoms with Gasteiger partial charge in [0.2, 0.25) is 0 Å². The monoisotopic (exact) mass is 285 g/mol. The molecule has 0 radical (unpaired) electrons. The van der Waals surface area contributed by atoms with Gasteiger partial charge in [-0.3, -0.25) is 0 Å². The first-order valence-electron chi connectivity index (χ1n) is 7.38. The zero-order valence-electron chi connectivity index (χ0n) is 12.9. The number of hydrogen-bond acceptors (Lipinski definition) is 3. The molecule has 2 aromatic carbocycles. The summed E-state index contributed by atoms with van der Waals surface area (Å²) in [5.74, 6) is 2.25. The molecule has 0 aliphatic rings. The van der Waals surface area contributed by atoms with Gasteiger partial charge in [-0.25, -0.2) is 0 Å². The molecule has 0 aliphatic heterocycles. The lowest BCUT2D eigenvalue weighted by Gasteiger charge is -2.14. The van der Waals surface area contributed by atoms with Crippen molar-refractivity contribution in [2.24, 2.45) is 5.73 Å². The average molecular weight is 285 g/mol. The van der Waals surface area contributed by atoms with E-state index < -0.39 is 0 Å². The summed E-state index contributed by atoms with van der Waals surface area (Å²) < 4.78 is 11.4. The number of benzene rings is 2. The van der Waals surface area contributed by atoms with Gasteiger partial charge in [0.1, 0.15) is 5.75 Å². The second kappa shape index (κ2) is 7.14. The Kier molecular flexibility index (Phi) is 5.23. The van der Waals surface area contributed by atoms with Gasteiger partial charge in [0.15, 0.2) is 11.5 Å². The smallest absolute Gasteiger partial charge is 0.169 e. The van der Waals surface area contributed by atoms with Crippen LogP contribution in [-0.2, 0) is 6.42 Å². The molecular formula is C18H23NO2. The highest BCUT2D eigenvalue weighted by molar-refractivity contribution is 5.46. The van der Waals surface area contributed by atoms with Crippen molar-refractivity contribution < 1.29 is 9.47 Å². The van der Waals surface area contributed by atoms with Crippen LogP contribution in [0, 0.1) is 0 Å². The number of ether oxygens (including phenoxy) is 2. The first-order chi connectivity index (χ1) is 10.2. The highest BCUT2D eigenvalue weighted by atomic mass is 16.5. The van der Waals surface area contributed by atoms with Crippen molar-refractivity contribution >= 4 is 0 Å². The van der Waals surface area contributed by atoms with E-state index in [9.17, 15) is 0 Å². The Balaban J connectivity index is 2.25. The summed E-state index contributed by atoms with van der Waals surface area (Å²) in [6.07, 6.45) is 1.87. The number of nitrogens with two attached hydrogens (primary N) is 1. The summed E-state index contributed by atoms with van der Waals surface area (Å²) >= 11 is 0. The largest absolute Gasteiger partial charge is 0.493 e. The predicted octanol–water partition coefficient (Wildman–Crippen LogP) is 4.46. The quantitative estimate of drug-likeness (QED) is 0.852. The van der Waals surface area contributed by atoms with E-state index in [-0.39, 0.29) is 6.04 Å². The fourth-order valence-corrected chi connectivity index (χ4v) is 2.19. The molecule has 0 spiro atoms. The topological polar surface area (TPSA) is 44.5 Å². The van der Waals surface area contributed by atoms with E-state index in [0.717, 1.165) is 35.7 Å². The molecule has 0 heterocycles. The minimum Gasteiger partial charge on any atom is -0.493 e. The SMILES string of the molecule is CCc1ccc(Oc2cccc(C(N)CC)c2)c(OC)c1. The Morgan fingerprint density at radius 3 is 2.52 bits per heavy atom.